The normalized spacial score (nSPS) is 11.1. The van der Waals surface area contributed by atoms with Crippen molar-refractivity contribution in [2.24, 2.45) is 0 Å². The van der Waals surface area contributed by atoms with Crippen molar-refractivity contribution >= 4 is 17.3 Å². The van der Waals surface area contributed by atoms with Crippen molar-refractivity contribution in [2.45, 2.75) is 13.8 Å². The summed E-state index contributed by atoms with van der Waals surface area (Å²) in [5, 5.41) is 2.08. The van der Waals surface area contributed by atoms with Gasteiger partial charge in [0.15, 0.2) is 0 Å². The minimum absolute atomic E-state index is 0.452. The van der Waals surface area contributed by atoms with E-state index in [1.807, 2.05) is 15.4 Å². The quantitative estimate of drug-likeness (QED) is 0.759. The van der Waals surface area contributed by atoms with Gasteiger partial charge in [0, 0.05) is 19.2 Å². The maximum atomic E-state index is 5.94. The van der Waals surface area contributed by atoms with Gasteiger partial charge in [-0.15, -0.1) is 0 Å². The molecule has 2 heterocycles. The summed E-state index contributed by atoms with van der Waals surface area (Å²) in [5.74, 6) is 1.12. The average molecular weight is 208 g/mol. The van der Waals surface area contributed by atoms with Crippen molar-refractivity contribution in [1.82, 2.24) is 14.3 Å². The van der Waals surface area contributed by atoms with Gasteiger partial charge in [-0.05, 0) is 13.8 Å². The fourth-order valence-corrected chi connectivity index (χ4v) is 1.78. The zero-order valence-electron chi connectivity index (χ0n) is 9.01. The van der Waals surface area contributed by atoms with Crippen molar-refractivity contribution < 1.29 is 0 Å². The molecule has 0 bridgehead atoms. The molecule has 0 amide bonds. The van der Waals surface area contributed by atoms with Crippen LogP contribution >= 0.6 is 0 Å². The third-order valence-corrected chi connectivity index (χ3v) is 2.50. The largest absolute Gasteiger partial charge is 0.382 e. The van der Waals surface area contributed by atoms with E-state index in [-0.39, 0.29) is 0 Å². The first-order valence-electron chi connectivity index (χ1n) is 5.04. The second-order valence-electron chi connectivity index (χ2n) is 3.35. The van der Waals surface area contributed by atoms with E-state index >= 15 is 0 Å². The monoisotopic (exact) mass is 208 g/mol. The Hall–Kier alpha value is -1.85. The van der Waals surface area contributed by atoms with Crippen molar-refractivity contribution in [1.29, 1.82) is 0 Å². The third kappa shape index (κ3) is 1.29. The zero-order valence-corrected chi connectivity index (χ0v) is 9.01. The minimum Gasteiger partial charge on any atom is -0.382 e. The summed E-state index contributed by atoms with van der Waals surface area (Å²) >= 11 is 0. The van der Waals surface area contributed by atoms with Crippen LogP contribution in [0.1, 0.15) is 13.8 Å². The summed E-state index contributed by atoms with van der Waals surface area (Å²) in [6.45, 7) is 5.87. The van der Waals surface area contributed by atoms with E-state index in [1.54, 1.807) is 6.20 Å². The molecule has 0 aliphatic heterocycles. The molecule has 0 aliphatic rings. The third-order valence-electron chi connectivity index (χ3n) is 2.50. The van der Waals surface area contributed by atoms with Crippen LogP contribution in [-0.4, -0.2) is 27.4 Å². The summed E-state index contributed by atoms with van der Waals surface area (Å²) in [4.78, 5) is 5.90. The Bertz CT molecular complexity index is 464. The van der Waals surface area contributed by atoms with Gasteiger partial charge in [0.2, 0.25) is 5.95 Å². The lowest BCUT2D eigenvalue weighted by atomic mass is 10.5. The lowest BCUT2D eigenvalue weighted by molar-refractivity contribution is 0.541. The molecular weight excluding hydrogens is 192 g/mol. The highest BCUT2D eigenvalue weighted by Crippen LogP contribution is 2.16. The van der Waals surface area contributed by atoms with Crippen molar-refractivity contribution in [3.05, 3.63) is 12.3 Å². The summed E-state index contributed by atoms with van der Waals surface area (Å²) in [6.07, 6.45) is 1.71. The Morgan fingerprint density at radius 2 is 2.00 bits per heavy atom. The maximum absolute atomic E-state index is 5.94. The highest BCUT2D eigenvalue weighted by atomic mass is 15.7. The molecule has 0 saturated heterocycles. The lowest BCUT2D eigenvalue weighted by Gasteiger charge is -2.24. The number of aromatic nitrogens is 3. The first-order chi connectivity index (χ1) is 7.19. The van der Waals surface area contributed by atoms with Crippen LogP contribution in [0.5, 0.6) is 0 Å². The number of anilines is 2. The van der Waals surface area contributed by atoms with Gasteiger partial charge < -0.3 is 11.5 Å². The molecule has 0 spiro atoms. The average Bonchev–Trinajstić information content (AvgIpc) is 2.71. The number of hydrogen-bond acceptors (Lipinski definition) is 4. The second kappa shape index (κ2) is 3.38. The van der Waals surface area contributed by atoms with Gasteiger partial charge in [0.1, 0.15) is 5.82 Å². The number of hydrogen-bond donors (Lipinski definition) is 2. The molecule has 0 unspecified atom stereocenters. The number of imidazole rings is 1. The number of nitrogens with zero attached hydrogens (tertiary/aromatic N) is 4. The molecule has 82 valence electrons. The van der Waals surface area contributed by atoms with Gasteiger partial charge in [0.05, 0.1) is 11.7 Å². The Kier molecular flexibility index (Phi) is 2.18. The van der Waals surface area contributed by atoms with Crippen LogP contribution in [0.25, 0.3) is 5.52 Å². The van der Waals surface area contributed by atoms with E-state index in [9.17, 15) is 0 Å². The smallest absolute Gasteiger partial charge is 0.221 e. The van der Waals surface area contributed by atoms with Crippen LogP contribution in [0.3, 0.4) is 0 Å². The van der Waals surface area contributed by atoms with E-state index in [0.29, 0.717) is 11.8 Å². The first kappa shape index (κ1) is 9.70. The summed E-state index contributed by atoms with van der Waals surface area (Å²) in [7, 11) is 0. The van der Waals surface area contributed by atoms with Gasteiger partial charge in [-0.3, -0.25) is 5.01 Å². The topological polar surface area (TPSA) is 77.5 Å². The zero-order chi connectivity index (χ0) is 11.0. The molecule has 15 heavy (non-hydrogen) atoms. The fraction of sp³-hybridized carbons (Fsp3) is 0.444. The molecule has 0 aromatic carbocycles. The highest BCUT2D eigenvalue weighted by molar-refractivity contribution is 5.57. The lowest BCUT2D eigenvalue weighted by Crippen LogP contribution is -2.37. The van der Waals surface area contributed by atoms with Crippen molar-refractivity contribution in [3.8, 4) is 0 Å². The van der Waals surface area contributed by atoms with Gasteiger partial charge in [0.25, 0.3) is 0 Å². The Morgan fingerprint density at radius 3 is 2.60 bits per heavy atom. The fourth-order valence-electron chi connectivity index (χ4n) is 1.78. The van der Waals surface area contributed by atoms with Crippen molar-refractivity contribution in [2.75, 3.05) is 29.6 Å². The predicted octanol–water partition coefficient (Wildman–Crippen LogP) is 0.278. The summed E-state index contributed by atoms with van der Waals surface area (Å²) in [6, 6.07) is 1.86. The number of rotatable bonds is 3. The molecule has 2 aromatic heterocycles. The highest BCUT2D eigenvalue weighted by Gasteiger charge is 2.12. The molecule has 4 N–H and O–H groups in total. The van der Waals surface area contributed by atoms with E-state index in [1.165, 1.54) is 0 Å². The minimum atomic E-state index is 0.452. The van der Waals surface area contributed by atoms with Gasteiger partial charge >= 0.3 is 0 Å². The molecular formula is C9H16N6. The van der Waals surface area contributed by atoms with Gasteiger partial charge in [-0.1, -0.05) is 0 Å². The predicted molar refractivity (Wildman–Crippen MR) is 61.3 cm³/mol. The first-order valence-corrected chi connectivity index (χ1v) is 5.04. The van der Waals surface area contributed by atoms with Gasteiger partial charge in [-0.2, -0.15) is 9.31 Å². The molecule has 6 heteroatoms. The maximum Gasteiger partial charge on any atom is 0.221 e. The van der Waals surface area contributed by atoms with Crippen LogP contribution in [-0.2, 0) is 0 Å². The molecule has 0 radical (unpaired) electrons. The molecule has 0 saturated carbocycles. The standard InChI is InChI=1S/C9H16N6/c1-3-13(4-2)15-8(10)5-7-6-12-9(11)14(7)15/h5-6H,3-4,10H2,1-2H3,(H2,11,12). The molecule has 2 aromatic rings. The number of nitrogen functional groups attached to an aromatic ring is 2. The Morgan fingerprint density at radius 1 is 1.33 bits per heavy atom. The molecule has 2 rings (SSSR count). The summed E-state index contributed by atoms with van der Waals surface area (Å²) in [5.41, 5.74) is 12.6. The van der Waals surface area contributed by atoms with Crippen LogP contribution in [0, 0.1) is 0 Å². The van der Waals surface area contributed by atoms with Crippen LogP contribution < -0.4 is 16.5 Å². The second-order valence-corrected chi connectivity index (χ2v) is 3.35. The van der Waals surface area contributed by atoms with Crippen LogP contribution in [0.15, 0.2) is 12.3 Å². The SMILES string of the molecule is CCN(CC)n1c(N)cc2cnc(N)n21. The summed E-state index contributed by atoms with van der Waals surface area (Å²) < 4.78 is 1.81. The van der Waals surface area contributed by atoms with E-state index in [2.05, 4.69) is 23.8 Å². The van der Waals surface area contributed by atoms with Crippen molar-refractivity contribution in [3.63, 3.8) is 0 Å². The van der Waals surface area contributed by atoms with Crippen LogP contribution in [0.2, 0.25) is 0 Å². The molecule has 6 nitrogen and oxygen atoms in total. The molecule has 0 fully saturated rings. The number of nitrogens with two attached hydrogens (primary N) is 2. The number of fused-ring (bicyclic) bond motifs is 1. The van der Waals surface area contributed by atoms with E-state index in [4.69, 9.17) is 11.5 Å². The van der Waals surface area contributed by atoms with Gasteiger partial charge in [-0.25, -0.2) is 4.98 Å². The van der Waals surface area contributed by atoms with E-state index < -0.39 is 0 Å². The molecule has 0 aliphatic carbocycles. The Balaban J connectivity index is 2.65. The van der Waals surface area contributed by atoms with E-state index in [0.717, 1.165) is 18.6 Å². The van der Waals surface area contributed by atoms with Crippen LogP contribution in [0.4, 0.5) is 11.8 Å². The Labute approximate surface area is 88.0 Å². The molecule has 0 atom stereocenters.